The molecule has 0 aromatic heterocycles. The van der Waals surface area contributed by atoms with Crippen molar-refractivity contribution in [2.45, 2.75) is 237 Å². The van der Waals surface area contributed by atoms with Gasteiger partial charge in [0.05, 0.1) is 58.1 Å². The van der Waals surface area contributed by atoms with Crippen LogP contribution in [0.1, 0.15) is 225 Å². The maximum absolute atomic E-state index is 11.0. The number of aliphatic hydroxyl groups excluding tert-OH is 1. The van der Waals surface area contributed by atoms with Crippen molar-refractivity contribution in [3.8, 4) is 0 Å². The predicted molar refractivity (Wildman–Crippen MR) is 302 cm³/mol. The van der Waals surface area contributed by atoms with Crippen molar-refractivity contribution in [1.29, 1.82) is 1.34 Å². The number of alkyl halides is 3. The quantitative estimate of drug-likeness (QED) is 0.00721. The number of carbonyl (C=O) groups is 4. The zero-order chi connectivity index (χ0) is 54.2. The molecule has 0 saturated carbocycles. The van der Waals surface area contributed by atoms with Crippen LogP contribution in [-0.4, -0.2) is 107 Å². The van der Waals surface area contributed by atoms with Gasteiger partial charge in [-0.1, -0.05) is 160 Å². The fraction of sp³-hybridized carbons (Fsp3) is 0.821. The van der Waals surface area contributed by atoms with Gasteiger partial charge < -0.3 is 28.8 Å². The van der Waals surface area contributed by atoms with E-state index >= 15 is 0 Å². The minimum Gasteiger partial charge on any atom is -0.466 e. The summed E-state index contributed by atoms with van der Waals surface area (Å²) < 4.78 is 30.5. The van der Waals surface area contributed by atoms with Crippen molar-refractivity contribution in [3.63, 3.8) is 0 Å². The van der Waals surface area contributed by atoms with Crippen LogP contribution >= 0.6 is 46.4 Å². The van der Waals surface area contributed by atoms with Gasteiger partial charge >= 0.3 is 17.9 Å². The smallest absolute Gasteiger partial charge is 0.330 e. The van der Waals surface area contributed by atoms with Crippen LogP contribution in [0, 0.1) is 31.1 Å². The molecule has 1 N–H and O–H groups in total. The number of carbonyl (C=O) groups excluding carboxylic acids is 4. The minimum atomic E-state index is -0.370. The summed E-state index contributed by atoms with van der Waals surface area (Å²) in [7, 11) is 3.75. The van der Waals surface area contributed by atoms with Gasteiger partial charge in [0, 0.05) is 76.2 Å². The fourth-order valence-corrected chi connectivity index (χ4v) is 7.39. The maximum atomic E-state index is 11.0. The van der Waals surface area contributed by atoms with Crippen LogP contribution in [0.4, 0.5) is 0 Å². The predicted octanol–water partition coefficient (Wildman–Crippen LogP) is 15.4. The van der Waals surface area contributed by atoms with Crippen LogP contribution < -0.4 is 0 Å². The molecule has 72 heavy (non-hydrogen) atoms. The first kappa shape index (κ1) is 78.0. The molecule has 2 rings (SSSR count). The third kappa shape index (κ3) is 80.8. The summed E-state index contributed by atoms with van der Waals surface area (Å²) in [5, 5.41) is 8.16. The van der Waals surface area contributed by atoms with E-state index < -0.39 is 0 Å². The van der Waals surface area contributed by atoms with Gasteiger partial charge in [0.2, 0.25) is 5.24 Å². The Balaban J connectivity index is -0.000000269. The number of epoxide rings is 2. The molecule has 2 radical (unpaired) electrons. The third-order valence-electron chi connectivity index (χ3n) is 11.1. The van der Waals surface area contributed by atoms with E-state index in [-0.39, 0.29) is 60.7 Å². The Labute approximate surface area is 487 Å². The van der Waals surface area contributed by atoms with Crippen LogP contribution in [0.25, 0.3) is 0 Å². The van der Waals surface area contributed by atoms with Crippen molar-refractivity contribution in [3.05, 3.63) is 38.0 Å². The number of rotatable bonds is 46. The van der Waals surface area contributed by atoms with Gasteiger partial charge in [0.1, 0.15) is 0 Å². The first-order valence-electron chi connectivity index (χ1n) is 27.8. The molecular formula is C56H101BCl4O10U. The molecule has 2 aliphatic rings. The standard InChI is InChI=1S/C14H25ClO3.C14H25ClO2.C14H24O3.C11H22O.C3H4Cl2O.BH.U/c15-10-9-14(16)17-11-7-5-3-1-2-4-6-8-13-12-18-13;1-2-3-4-5-6-7-8-9-10-13-17-14(16)11-12-15;1-2-14(15)16-11-9-7-5-3-4-6-8-10-13-12-17-13;1-2-3-4-5-6-7-8-9-10-11-12;4-2-1-3(5)6;;/h13H,1-12H2;2H,1,3-13H2;2,13H,1,3-12H2;2,12H,1,3-11H2;1-2H2;1H;/i;;;;;1D;. The molecule has 0 aliphatic carbocycles. The molecule has 0 aromatic carbocycles. The second-order valence-electron chi connectivity index (χ2n) is 17.8. The SMILES string of the molecule is C=CC(=O)OCCCCCCCCCC1CO1.C=CCCCCCCCCCO.C=CCCCCCCCCCOC(=O)CCCl.O=C(CCCl)OCCCCCCCCCC1CO1.O=C(Cl)CCCl.[2H][B].[U]. The Bertz CT molecular complexity index is 1190. The normalized spacial score (nSPS) is 13.5. The van der Waals surface area contributed by atoms with E-state index in [0.717, 1.165) is 71.0 Å². The second kappa shape index (κ2) is 70.5. The van der Waals surface area contributed by atoms with Crippen molar-refractivity contribution in [2.24, 2.45) is 0 Å². The first-order chi connectivity index (χ1) is 35.1. The Hall–Kier alpha value is -0.543. The van der Waals surface area contributed by atoms with Crippen molar-refractivity contribution in [2.75, 3.05) is 57.3 Å². The van der Waals surface area contributed by atoms with Gasteiger partial charge in [-0.25, -0.2) is 4.79 Å². The van der Waals surface area contributed by atoms with E-state index in [0.29, 0.717) is 69.1 Å². The Morgan fingerprint density at radius 2 is 0.792 bits per heavy atom. The molecule has 10 nitrogen and oxygen atoms in total. The summed E-state index contributed by atoms with van der Waals surface area (Å²) in [5.74, 6) is 0.361. The third-order valence-corrected chi connectivity index (χ3v) is 11.8. The van der Waals surface area contributed by atoms with Crippen molar-refractivity contribution in [1.82, 2.24) is 0 Å². The van der Waals surface area contributed by atoms with Crippen LogP contribution in [0.5, 0.6) is 0 Å². The number of ether oxygens (including phenoxy) is 5. The average molecular weight is 1330 g/mol. The van der Waals surface area contributed by atoms with E-state index in [9.17, 15) is 19.2 Å². The molecule has 0 amide bonds. The second-order valence-corrected chi connectivity index (χ2v) is 19.3. The summed E-state index contributed by atoms with van der Waals surface area (Å²) in [5.41, 5.74) is 0. The molecule has 2 unspecified atom stereocenters. The molecule has 16 heteroatoms. The van der Waals surface area contributed by atoms with Crippen molar-refractivity contribution >= 4 is 77.9 Å². The molecule has 0 bridgehead atoms. The van der Waals surface area contributed by atoms with E-state index in [2.05, 4.69) is 28.1 Å². The molecule has 2 heterocycles. The molecule has 0 spiro atoms. The van der Waals surface area contributed by atoms with Gasteiger partial charge in [0.25, 0.3) is 0 Å². The van der Waals surface area contributed by atoms with Crippen LogP contribution in [0.3, 0.4) is 0 Å². The number of hydrogen-bond acceptors (Lipinski definition) is 10. The molecular weight excluding hydrogens is 1220 g/mol. The number of esters is 3. The number of hydrogen-bond donors (Lipinski definition) is 1. The fourth-order valence-electron chi connectivity index (χ4n) is 6.72. The Kier molecular flexibility index (Phi) is 76.3. The van der Waals surface area contributed by atoms with Gasteiger partial charge in [-0.05, 0) is 77.1 Å². The van der Waals surface area contributed by atoms with E-state index in [1.807, 2.05) is 12.2 Å². The monoisotopic (exact) mass is 1320 g/mol. The summed E-state index contributed by atoms with van der Waals surface area (Å²) >= 11 is 20.8. The largest absolute Gasteiger partial charge is 0.466 e. The van der Waals surface area contributed by atoms with Gasteiger partial charge in [0.15, 0.2) is 0 Å². The van der Waals surface area contributed by atoms with Gasteiger partial charge in [-0.15, -0.1) is 48.0 Å². The summed E-state index contributed by atoms with van der Waals surface area (Å²) in [6.07, 6.45) is 46.6. The van der Waals surface area contributed by atoms with E-state index in [1.54, 1.807) is 0 Å². The number of aliphatic hydroxyl groups is 1. The molecule has 2 fully saturated rings. The van der Waals surface area contributed by atoms with E-state index in [1.165, 1.54) is 154 Å². The van der Waals surface area contributed by atoms with E-state index in [4.69, 9.17) is 76.5 Å². The van der Waals surface area contributed by atoms with Crippen LogP contribution in [0.15, 0.2) is 38.0 Å². The average Bonchev–Trinajstić information content (AvgIpc) is 4.33. The zero-order valence-corrected chi connectivity index (χ0v) is 52.0. The zero-order valence-electron chi connectivity index (χ0n) is 45.8. The molecule has 2 saturated heterocycles. The molecule has 2 aliphatic heterocycles. The van der Waals surface area contributed by atoms with Crippen molar-refractivity contribution < 1.29 is 79.1 Å². The number of allylic oxidation sites excluding steroid dienone is 2. The number of unbranched alkanes of at least 4 members (excludes halogenated alkanes) is 26. The molecule has 0 aromatic rings. The minimum absolute atomic E-state index is 0. The van der Waals surface area contributed by atoms with Gasteiger partial charge in [-0.2, -0.15) is 0 Å². The topological polar surface area (TPSA) is 141 Å². The Morgan fingerprint density at radius 1 is 0.500 bits per heavy atom. The molecule has 420 valence electrons. The van der Waals surface area contributed by atoms with Crippen LogP contribution in [0.2, 0.25) is 0 Å². The van der Waals surface area contributed by atoms with Gasteiger partial charge in [-0.3, -0.25) is 14.4 Å². The van der Waals surface area contributed by atoms with Crippen LogP contribution in [-0.2, 0) is 42.9 Å². The summed E-state index contributed by atoms with van der Waals surface area (Å²) in [6, 6.07) is 0. The summed E-state index contributed by atoms with van der Waals surface area (Å²) in [4.78, 5) is 42.4. The molecule has 2 atom stereocenters. The Morgan fingerprint density at radius 3 is 1.06 bits per heavy atom. The summed E-state index contributed by atoms with van der Waals surface area (Å²) in [6.45, 7) is 14.7. The maximum Gasteiger partial charge on any atom is 0.330 e. The number of halogens is 4. The first-order valence-corrected chi connectivity index (χ1v) is 29.2.